The third-order valence-corrected chi connectivity index (χ3v) is 5.58. The Kier molecular flexibility index (Phi) is 4.99. The van der Waals surface area contributed by atoms with Crippen LogP contribution in [-0.4, -0.2) is 34.7 Å². The van der Waals surface area contributed by atoms with Crippen molar-refractivity contribution in [2.24, 2.45) is 0 Å². The molecule has 0 aliphatic carbocycles. The Labute approximate surface area is 147 Å². The molecule has 0 unspecified atom stereocenters. The van der Waals surface area contributed by atoms with Gasteiger partial charge in [-0.15, -0.1) is 0 Å². The Bertz CT molecular complexity index is 816. The number of halogens is 1. The van der Waals surface area contributed by atoms with Crippen LogP contribution >= 0.6 is 11.6 Å². The number of hydrogen-bond acceptors (Lipinski definition) is 4. The highest BCUT2D eigenvalue weighted by atomic mass is 35.5. The van der Waals surface area contributed by atoms with Gasteiger partial charge in [0.15, 0.2) is 0 Å². The van der Waals surface area contributed by atoms with Crippen LogP contribution in [-0.2, 0) is 14.8 Å². The molecule has 0 saturated carbocycles. The molecular weight excluding hydrogens is 348 g/mol. The van der Waals surface area contributed by atoms with Crippen molar-refractivity contribution in [2.75, 3.05) is 35.9 Å². The van der Waals surface area contributed by atoms with Gasteiger partial charge in [0.2, 0.25) is 0 Å². The van der Waals surface area contributed by atoms with E-state index in [-0.39, 0.29) is 4.90 Å². The maximum atomic E-state index is 12.7. The molecule has 0 atom stereocenters. The van der Waals surface area contributed by atoms with Crippen LogP contribution in [0.1, 0.15) is 5.56 Å². The van der Waals surface area contributed by atoms with Crippen LogP contribution in [0.4, 0.5) is 11.4 Å². The fraction of sp³-hybridized carbons (Fsp3) is 0.294. The summed E-state index contributed by atoms with van der Waals surface area (Å²) in [4.78, 5) is 2.26. The number of para-hydroxylation sites is 1. The molecule has 0 aromatic heterocycles. The van der Waals surface area contributed by atoms with Gasteiger partial charge in [-0.25, -0.2) is 8.42 Å². The van der Waals surface area contributed by atoms with E-state index in [0.29, 0.717) is 42.7 Å². The van der Waals surface area contributed by atoms with Crippen molar-refractivity contribution >= 4 is 33.0 Å². The molecule has 2 aromatic rings. The molecule has 5 nitrogen and oxygen atoms in total. The van der Waals surface area contributed by atoms with E-state index in [1.807, 2.05) is 11.8 Å². The minimum Gasteiger partial charge on any atom is -0.378 e. The predicted octanol–water partition coefficient (Wildman–Crippen LogP) is 3.29. The highest BCUT2D eigenvalue weighted by Gasteiger charge is 2.21. The average molecular weight is 367 g/mol. The molecule has 0 radical (unpaired) electrons. The first-order chi connectivity index (χ1) is 11.5. The second-order valence-corrected chi connectivity index (χ2v) is 7.74. The zero-order valence-electron chi connectivity index (χ0n) is 13.3. The summed E-state index contributed by atoms with van der Waals surface area (Å²) in [5.41, 5.74) is 2.17. The summed E-state index contributed by atoms with van der Waals surface area (Å²) in [7, 11) is -3.67. The number of aryl methyl sites for hydroxylation is 1. The van der Waals surface area contributed by atoms with E-state index in [1.54, 1.807) is 42.5 Å². The van der Waals surface area contributed by atoms with Crippen LogP contribution in [0.15, 0.2) is 47.4 Å². The Morgan fingerprint density at radius 2 is 1.75 bits per heavy atom. The first-order valence-electron chi connectivity index (χ1n) is 7.68. The third kappa shape index (κ3) is 3.66. The number of ether oxygens (including phenoxy) is 1. The molecule has 1 aliphatic heterocycles. The summed E-state index contributed by atoms with van der Waals surface area (Å²) < 4.78 is 33.3. The number of sulfonamides is 1. The van der Waals surface area contributed by atoms with Crippen LogP contribution in [0.5, 0.6) is 0 Å². The molecule has 7 heteroatoms. The smallest absolute Gasteiger partial charge is 0.261 e. The maximum absolute atomic E-state index is 12.7. The fourth-order valence-electron chi connectivity index (χ4n) is 2.63. The molecule has 1 N–H and O–H groups in total. The standard InChI is InChI=1S/C17H19ClN2O3S/c1-13-5-7-14(8-6-13)24(21,22)19-16-4-2-3-15(18)17(16)20-9-11-23-12-10-20/h2-8,19H,9-12H2,1H3. The first kappa shape index (κ1) is 17.1. The molecule has 0 bridgehead atoms. The van der Waals surface area contributed by atoms with Crippen LogP contribution in [0.3, 0.4) is 0 Å². The van der Waals surface area contributed by atoms with Crippen molar-refractivity contribution in [1.82, 2.24) is 0 Å². The number of nitrogens with one attached hydrogen (secondary N) is 1. The zero-order valence-corrected chi connectivity index (χ0v) is 14.9. The molecule has 1 aliphatic rings. The Hall–Kier alpha value is -1.76. The van der Waals surface area contributed by atoms with E-state index in [9.17, 15) is 8.42 Å². The minimum absolute atomic E-state index is 0.223. The SMILES string of the molecule is Cc1ccc(S(=O)(=O)Nc2cccc(Cl)c2N2CCOCC2)cc1. The number of morpholine rings is 1. The molecular formula is C17H19ClN2O3S. The average Bonchev–Trinajstić information content (AvgIpc) is 2.56. The van der Waals surface area contributed by atoms with Crippen molar-refractivity contribution in [2.45, 2.75) is 11.8 Å². The Balaban J connectivity index is 1.94. The van der Waals surface area contributed by atoms with E-state index in [1.165, 1.54) is 0 Å². The van der Waals surface area contributed by atoms with Gasteiger partial charge in [0.1, 0.15) is 0 Å². The van der Waals surface area contributed by atoms with Crippen molar-refractivity contribution in [3.05, 3.63) is 53.1 Å². The lowest BCUT2D eigenvalue weighted by atomic mass is 10.2. The normalized spacial score (nSPS) is 15.3. The lowest BCUT2D eigenvalue weighted by molar-refractivity contribution is 0.123. The predicted molar refractivity (Wildman–Crippen MR) is 96.5 cm³/mol. The number of hydrogen-bond donors (Lipinski definition) is 1. The van der Waals surface area contributed by atoms with E-state index < -0.39 is 10.0 Å². The van der Waals surface area contributed by atoms with Gasteiger partial charge < -0.3 is 9.64 Å². The molecule has 1 saturated heterocycles. The maximum Gasteiger partial charge on any atom is 0.261 e. The highest BCUT2D eigenvalue weighted by molar-refractivity contribution is 7.92. The summed E-state index contributed by atoms with van der Waals surface area (Å²) in [5, 5.41) is 0.515. The van der Waals surface area contributed by atoms with Gasteiger partial charge in [-0.3, -0.25) is 4.72 Å². The van der Waals surface area contributed by atoms with Crippen molar-refractivity contribution in [3.63, 3.8) is 0 Å². The molecule has 1 heterocycles. The van der Waals surface area contributed by atoms with Gasteiger partial charge in [0.25, 0.3) is 10.0 Å². The van der Waals surface area contributed by atoms with Crippen LogP contribution < -0.4 is 9.62 Å². The lowest BCUT2D eigenvalue weighted by Gasteiger charge is -2.31. The zero-order chi connectivity index (χ0) is 17.2. The number of anilines is 2. The summed E-state index contributed by atoms with van der Waals surface area (Å²) in [6.07, 6.45) is 0. The van der Waals surface area contributed by atoms with E-state index >= 15 is 0 Å². The quantitative estimate of drug-likeness (QED) is 0.902. The number of nitrogens with zero attached hydrogens (tertiary/aromatic N) is 1. The van der Waals surface area contributed by atoms with Crippen molar-refractivity contribution in [3.8, 4) is 0 Å². The van der Waals surface area contributed by atoms with E-state index in [0.717, 1.165) is 5.56 Å². The summed E-state index contributed by atoms with van der Waals surface area (Å²) in [6.45, 7) is 4.44. The molecule has 0 amide bonds. The van der Waals surface area contributed by atoms with Gasteiger partial charge in [-0.05, 0) is 31.2 Å². The summed E-state index contributed by atoms with van der Waals surface area (Å²) in [5.74, 6) is 0. The van der Waals surface area contributed by atoms with Gasteiger partial charge in [-0.1, -0.05) is 35.4 Å². The lowest BCUT2D eigenvalue weighted by Crippen LogP contribution is -2.37. The van der Waals surface area contributed by atoms with Crippen molar-refractivity contribution in [1.29, 1.82) is 0 Å². The van der Waals surface area contributed by atoms with E-state index in [2.05, 4.69) is 4.72 Å². The largest absolute Gasteiger partial charge is 0.378 e. The molecule has 2 aromatic carbocycles. The fourth-order valence-corrected chi connectivity index (χ4v) is 3.99. The van der Waals surface area contributed by atoms with Crippen LogP contribution in [0, 0.1) is 6.92 Å². The molecule has 128 valence electrons. The van der Waals surface area contributed by atoms with Gasteiger partial charge >= 0.3 is 0 Å². The molecule has 3 rings (SSSR count). The molecule has 0 spiro atoms. The second-order valence-electron chi connectivity index (χ2n) is 5.65. The first-order valence-corrected chi connectivity index (χ1v) is 9.54. The van der Waals surface area contributed by atoms with Crippen LogP contribution in [0.25, 0.3) is 0 Å². The van der Waals surface area contributed by atoms with Crippen molar-refractivity contribution < 1.29 is 13.2 Å². The topological polar surface area (TPSA) is 58.6 Å². The number of benzene rings is 2. The number of rotatable bonds is 4. The molecule has 1 fully saturated rings. The monoisotopic (exact) mass is 366 g/mol. The van der Waals surface area contributed by atoms with Crippen LogP contribution in [0.2, 0.25) is 5.02 Å². The third-order valence-electron chi connectivity index (χ3n) is 3.89. The Morgan fingerprint density at radius 3 is 2.42 bits per heavy atom. The minimum atomic E-state index is -3.67. The summed E-state index contributed by atoms with van der Waals surface area (Å²) >= 11 is 6.34. The molecule has 24 heavy (non-hydrogen) atoms. The van der Waals surface area contributed by atoms with Gasteiger partial charge in [0.05, 0.1) is 34.5 Å². The Morgan fingerprint density at radius 1 is 1.08 bits per heavy atom. The summed E-state index contributed by atoms with van der Waals surface area (Å²) in [6, 6.07) is 12.0. The van der Waals surface area contributed by atoms with E-state index in [4.69, 9.17) is 16.3 Å². The highest BCUT2D eigenvalue weighted by Crippen LogP contribution is 2.35. The second kappa shape index (κ2) is 7.01. The van der Waals surface area contributed by atoms with Gasteiger partial charge in [0, 0.05) is 13.1 Å². The van der Waals surface area contributed by atoms with Gasteiger partial charge in [-0.2, -0.15) is 0 Å².